The molecule has 2 aliphatic heterocycles. The highest BCUT2D eigenvalue weighted by molar-refractivity contribution is 6.90. The molecule has 0 saturated heterocycles. The Morgan fingerprint density at radius 2 is 1.15 bits per heavy atom. The van der Waals surface area contributed by atoms with E-state index < -0.39 is 0 Å². The lowest BCUT2D eigenvalue weighted by molar-refractivity contribution is 1.26. The van der Waals surface area contributed by atoms with Crippen molar-refractivity contribution < 1.29 is 0 Å². The minimum Gasteiger partial charge on any atom is -0.375 e. The Kier molecular flexibility index (Phi) is 4.03. The number of benzene rings is 7. The standard InChI is InChI=1S/C38H23BN2/c1-2-10-25-21-28(20-19-24(25)9-1)40-35-18-8-14-30-32-16-7-15-31-29-13-5-6-17-34(29)41(38(31)32)39(37(30)35)33-22-26-11-3-4-12-27(26)23-36(33)40/h1-23H. The number of fused-ring (bicyclic) bond motifs is 9. The van der Waals surface area contributed by atoms with Crippen LogP contribution < -0.4 is 15.8 Å². The van der Waals surface area contributed by atoms with E-state index >= 15 is 0 Å². The van der Waals surface area contributed by atoms with Gasteiger partial charge in [-0.1, -0.05) is 109 Å². The van der Waals surface area contributed by atoms with Crippen LogP contribution in [0.5, 0.6) is 0 Å². The second kappa shape index (κ2) is 7.68. The summed E-state index contributed by atoms with van der Waals surface area (Å²) >= 11 is 0. The lowest BCUT2D eigenvalue weighted by Crippen LogP contribution is -2.56. The van der Waals surface area contributed by atoms with Crippen LogP contribution in [0, 0.1) is 0 Å². The summed E-state index contributed by atoms with van der Waals surface area (Å²) in [5.41, 5.74) is 11.7. The summed E-state index contributed by atoms with van der Waals surface area (Å²) in [6, 6.07) is 51.8. The maximum absolute atomic E-state index is 2.62. The van der Waals surface area contributed by atoms with Crippen molar-refractivity contribution in [1.29, 1.82) is 0 Å². The zero-order chi connectivity index (χ0) is 26.7. The first-order valence-corrected chi connectivity index (χ1v) is 14.3. The van der Waals surface area contributed by atoms with E-state index in [0.29, 0.717) is 0 Å². The van der Waals surface area contributed by atoms with Crippen LogP contribution in [0.15, 0.2) is 140 Å². The summed E-state index contributed by atoms with van der Waals surface area (Å²) in [6.45, 7) is 0.0785. The topological polar surface area (TPSA) is 8.17 Å². The van der Waals surface area contributed by atoms with Gasteiger partial charge in [0.2, 0.25) is 0 Å². The molecule has 188 valence electrons. The highest BCUT2D eigenvalue weighted by Gasteiger charge is 2.42. The Morgan fingerprint density at radius 1 is 0.463 bits per heavy atom. The highest BCUT2D eigenvalue weighted by Crippen LogP contribution is 2.45. The van der Waals surface area contributed by atoms with Gasteiger partial charge in [-0.2, -0.15) is 0 Å². The van der Waals surface area contributed by atoms with Gasteiger partial charge in [-0.05, 0) is 68.4 Å². The van der Waals surface area contributed by atoms with Gasteiger partial charge in [0.05, 0.1) is 0 Å². The van der Waals surface area contributed by atoms with Crippen LogP contribution in [0.4, 0.5) is 17.1 Å². The Morgan fingerprint density at radius 3 is 2.02 bits per heavy atom. The van der Waals surface area contributed by atoms with Gasteiger partial charge >= 0.3 is 6.85 Å². The molecule has 0 N–H and O–H groups in total. The van der Waals surface area contributed by atoms with Gasteiger partial charge in [0.1, 0.15) is 0 Å². The highest BCUT2D eigenvalue weighted by atomic mass is 15.2. The van der Waals surface area contributed by atoms with E-state index in [1.54, 1.807) is 0 Å². The fourth-order valence-electron chi connectivity index (χ4n) is 7.61. The Labute approximate surface area is 237 Å². The quantitative estimate of drug-likeness (QED) is 0.198. The van der Waals surface area contributed by atoms with Gasteiger partial charge in [0.25, 0.3) is 0 Å². The van der Waals surface area contributed by atoms with Crippen molar-refractivity contribution in [2.75, 3.05) is 4.90 Å². The van der Waals surface area contributed by atoms with E-state index in [1.165, 1.54) is 82.5 Å². The average molecular weight is 518 g/mol. The van der Waals surface area contributed by atoms with Crippen LogP contribution in [0.25, 0.3) is 54.5 Å². The molecular weight excluding hydrogens is 495 g/mol. The minimum atomic E-state index is 0.0785. The maximum atomic E-state index is 2.62. The van der Waals surface area contributed by atoms with E-state index in [9.17, 15) is 0 Å². The first-order valence-electron chi connectivity index (χ1n) is 14.3. The molecule has 8 aromatic rings. The van der Waals surface area contributed by atoms with Gasteiger partial charge in [0, 0.05) is 44.4 Å². The molecule has 0 aliphatic carbocycles. The molecule has 0 saturated carbocycles. The van der Waals surface area contributed by atoms with Crippen molar-refractivity contribution in [2.45, 2.75) is 0 Å². The van der Waals surface area contributed by atoms with Gasteiger partial charge < -0.3 is 9.38 Å². The molecule has 3 heteroatoms. The van der Waals surface area contributed by atoms with Crippen molar-refractivity contribution in [2.24, 2.45) is 0 Å². The normalized spacial score (nSPS) is 13.3. The molecule has 41 heavy (non-hydrogen) atoms. The van der Waals surface area contributed by atoms with E-state index in [1.807, 2.05) is 0 Å². The van der Waals surface area contributed by atoms with Crippen LogP contribution in [0.1, 0.15) is 0 Å². The molecule has 3 heterocycles. The number of rotatable bonds is 1. The lowest BCUT2D eigenvalue weighted by atomic mass is 9.45. The van der Waals surface area contributed by atoms with Crippen molar-refractivity contribution in [3.63, 3.8) is 0 Å². The molecule has 10 rings (SSSR count). The zero-order valence-electron chi connectivity index (χ0n) is 22.3. The largest absolute Gasteiger partial charge is 0.375 e. The molecule has 2 aliphatic rings. The van der Waals surface area contributed by atoms with Crippen LogP contribution >= 0.6 is 0 Å². The molecule has 2 nitrogen and oxygen atoms in total. The maximum Gasteiger partial charge on any atom is 0.333 e. The van der Waals surface area contributed by atoms with Crippen molar-refractivity contribution in [3.05, 3.63) is 140 Å². The summed E-state index contributed by atoms with van der Waals surface area (Å²) < 4.78 is 2.62. The number of para-hydroxylation sites is 2. The molecule has 0 radical (unpaired) electrons. The van der Waals surface area contributed by atoms with Crippen molar-refractivity contribution in [1.82, 2.24) is 4.48 Å². The third kappa shape index (κ3) is 2.73. The van der Waals surface area contributed by atoms with Crippen LogP contribution in [0.2, 0.25) is 0 Å². The molecule has 0 fully saturated rings. The van der Waals surface area contributed by atoms with E-state index in [-0.39, 0.29) is 6.85 Å². The fraction of sp³-hybridized carbons (Fsp3) is 0. The zero-order valence-corrected chi connectivity index (χ0v) is 22.3. The predicted octanol–water partition coefficient (Wildman–Crippen LogP) is 8.52. The first-order chi connectivity index (χ1) is 20.3. The monoisotopic (exact) mass is 518 g/mol. The average Bonchev–Trinajstić information content (AvgIpc) is 3.37. The van der Waals surface area contributed by atoms with Gasteiger partial charge in [-0.25, -0.2) is 0 Å². The Bertz CT molecular complexity index is 2400. The number of aromatic nitrogens is 1. The van der Waals surface area contributed by atoms with Crippen LogP contribution in [-0.4, -0.2) is 11.3 Å². The lowest BCUT2D eigenvalue weighted by Gasteiger charge is -2.40. The fourth-order valence-corrected chi connectivity index (χ4v) is 7.61. The minimum absolute atomic E-state index is 0.0785. The Balaban J connectivity index is 1.38. The van der Waals surface area contributed by atoms with E-state index in [0.717, 1.165) is 0 Å². The third-order valence-electron chi connectivity index (χ3n) is 9.30. The summed E-state index contributed by atoms with van der Waals surface area (Å²) in [5, 5.41) is 7.69. The van der Waals surface area contributed by atoms with E-state index in [4.69, 9.17) is 0 Å². The second-order valence-electron chi connectivity index (χ2n) is 11.4. The molecule has 0 spiro atoms. The van der Waals surface area contributed by atoms with Crippen LogP contribution in [-0.2, 0) is 0 Å². The van der Waals surface area contributed by atoms with Gasteiger partial charge in [-0.15, -0.1) is 0 Å². The third-order valence-corrected chi connectivity index (χ3v) is 9.30. The number of anilines is 3. The van der Waals surface area contributed by atoms with Gasteiger partial charge in [-0.3, -0.25) is 0 Å². The molecule has 0 bridgehead atoms. The number of nitrogens with zero attached hydrogens (tertiary/aromatic N) is 2. The molecule has 7 aromatic carbocycles. The molecule has 1 aromatic heterocycles. The van der Waals surface area contributed by atoms with Crippen molar-refractivity contribution in [3.8, 4) is 11.1 Å². The second-order valence-corrected chi connectivity index (χ2v) is 11.4. The predicted molar refractivity (Wildman–Crippen MR) is 175 cm³/mol. The SMILES string of the molecule is c1cc2c3c(c1)N(c1ccc4ccccc4c1)c1cc4ccccc4cc1B3n1c3ccccc3c3cccc-2c31. The number of hydrogen-bond acceptors (Lipinski definition) is 1. The summed E-state index contributed by atoms with van der Waals surface area (Å²) in [5.74, 6) is 0. The summed E-state index contributed by atoms with van der Waals surface area (Å²) in [6.07, 6.45) is 0. The van der Waals surface area contributed by atoms with Crippen LogP contribution in [0.3, 0.4) is 0 Å². The molecule has 0 atom stereocenters. The summed E-state index contributed by atoms with van der Waals surface area (Å²) in [7, 11) is 0. The molecular formula is C38H23BN2. The van der Waals surface area contributed by atoms with Gasteiger partial charge in [0.15, 0.2) is 0 Å². The van der Waals surface area contributed by atoms with Crippen molar-refractivity contribution >= 4 is 78.2 Å². The molecule has 0 amide bonds. The number of hydrogen-bond donors (Lipinski definition) is 0. The first kappa shape index (κ1) is 21.5. The van der Waals surface area contributed by atoms with E-state index in [2.05, 4.69) is 149 Å². The molecule has 0 unspecified atom stereocenters. The smallest absolute Gasteiger partial charge is 0.333 e. The summed E-state index contributed by atoms with van der Waals surface area (Å²) in [4.78, 5) is 2.50. The Hall–Kier alpha value is -5.28.